The predicted octanol–water partition coefficient (Wildman–Crippen LogP) is 3.57. The highest BCUT2D eigenvalue weighted by Crippen LogP contribution is 2.23. The van der Waals surface area contributed by atoms with Crippen molar-refractivity contribution in [1.29, 1.82) is 0 Å². The molecule has 9 heteroatoms. The summed E-state index contributed by atoms with van der Waals surface area (Å²) >= 11 is 6.10. The van der Waals surface area contributed by atoms with Crippen LogP contribution in [0.15, 0.2) is 54.6 Å². The van der Waals surface area contributed by atoms with Crippen molar-refractivity contribution in [3.05, 3.63) is 70.7 Å². The van der Waals surface area contributed by atoms with E-state index in [9.17, 15) is 9.59 Å². The van der Waals surface area contributed by atoms with Crippen LogP contribution in [0, 0.1) is 5.92 Å². The SMILES string of the molecule is CC(C)CN(C1CCN(C(=O)[C@@H](Cc2ccc(Cl)cc2)NC(=O)C[C@@H](N)c2ccccc2)CC1)N1CCN(C)CC1. The summed E-state index contributed by atoms with van der Waals surface area (Å²) in [6, 6.07) is 16.4. The first-order chi connectivity index (χ1) is 19.7. The monoisotopic (exact) mass is 582 g/mol. The zero-order chi connectivity index (χ0) is 29.4. The summed E-state index contributed by atoms with van der Waals surface area (Å²) in [6.07, 6.45) is 2.37. The Bertz CT molecular complexity index is 1100. The number of piperazine rings is 1. The fourth-order valence-corrected chi connectivity index (χ4v) is 5.98. The molecule has 41 heavy (non-hydrogen) atoms. The van der Waals surface area contributed by atoms with Gasteiger partial charge in [0.15, 0.2) is 0 Å². The minimum atomic E-state index is -0.660. The number of likely N-dealkylation sites (N-methyl/N-ethyl adjacent to an activating group) is 1. The number of hydrogen-bond acceptors (Lipinski definition) is 6. The van der Waals surface area contributed by atoms with Gasteiger partial charge in [-0.2, -0.15) is 0 Å². The van der Waals surface area contributed by atoms with Crippen molar-refractivity contribution in [3.8, 4) is 0 Å². The molecular formula is C32H47ClN6O2. The molecule has 0 unspecified atom stereocenters. The molecule has 0 aromatic heterocycles. The maximum Gasteiger partial charge on any atom is 0.245 e. The molecule has 2 aromatic carbocycles. The second kappa shape index (κ2) is 15.1. The zero-order valence-corrected chi connectivity index (χ0v) is 25.6. The highest BCUT2D eigenvalue weighted by atomic mass is 35.5. The number of halogens is 1. The number of hydrogen-bond donors (Lipinski definition) is 2. The molecule has 0 saturated carbocycles. The van der Waals surface area contributed by atoms with Crippen molar-refractivity contribution in [2.45, 2.75) is 57.7 Å². The first-order valence-electron chi connectivity index (χ1n) is 15.0. The van der Waals surface area contributed by atoms with E-state index in [2.05, 4.69) is 41.1 Å². The standard InChI is InChI=1S/C32H47ClN6O2/c1-24(2)23-39(38-19-17-36(3)18-20-38)28-13-15-37(16-14-28)32(41)30(21-25-9-11-27(33)12-10-25)35-31(40)22-29(34)26-7-5-4-6-8-26/h4-12,24,28-30H,13-23,34H2,1-3H3,(H,35,40)/t29-,30-/m1/s1. The molecule has 0 radical (unpaired) electrons. The van der Waals surface area contributed by atoms with E-state index in [-0.39, 0.29) is 18.2 Å². The summed E-state index contributed by atoms with van der Waals surface area (Å²) in [5, 5.41) is 8.78. The summed E-state index contributed by atoms with van der Waals surface area (Å²) in [6.45, 7) is 11.2. The Hall–Kier alpha value is -2.49. The van der Waals surface area contributed by atoms with Crippen LogP contribution in [0.3, 0.4) is 0 Å². The third kappa shape index (κ3) is 9.25. The number of carbonyl (C=O) groups is 2. The van der Waals surface area contributed by atoms with E-state index in [1.165, 1.54) is 0 Å². The molecule has 224 valence electrons. The van der Waals surface area contributed by atoms with E-state index in [0.29, 0.717) is 36.5 Å². The molecule has 2 aliphatic rings. The molecule has 2 aliphatic heterocycles. The smallest absolute Gasteiger partial charge is 0.245 e. The first-order valence-corrected chi connectivity index (χ1v) is 15.4. The fraction of sp³-hybridized carbons (Fsp3) is 0.562. The summed E-state index contributed by atoms with van der Waals surface area (Å²) < 4.78 is 0. The summed E-state index contributed by atoms with van der Waals surface area (Å²) in [4.78, 5) is 31.3. The molecule has 8 nitrogen and oxygen atoms in total. The van der Waals surface area contributed by atoms with E-state index in [4.69, 9.17) is 17.3 Å². The molecule has 0 aliphatic carbocycles. The predicted molar refractivity (Wildman–Crippen MR) is 165 cm³/mol. The van der Waals surface area contributed by atoms with Crippen LogP contribution >= 0.6 is 11.6 Å². The first kappa shape index (κ1) is 31.4. The summed E-state index contributed by atoms with van der Waals surface area (Å²) in [5.74, 6) is 0.312. The van der Waals surface area contributed by atoms with Gasteiger partial charge in [-0.15, -0.1) is 0 Å². The number of nitrogens with one attached hydrogen (secondary N) is 1. The van der Waals surface area contributed by atoms with Crippen LogP contribution in [0.1, 0.15) is 50.3 Å². The molecule has 2 atom stereocenters. The van der Waals surface area contributed by atoms with E-state index in [1.807, 2.05) is 59.5 Å². The number of hydrazine groups is 1. The second-order valence-corrected chi connectivity index (χ2v) is 12.4. The largest absolute Gasteiger partial charge is 0.344 e. The number of rotatable bonds is 11. The molecule has 2 amide bonds. The highest BCUT2D eigenvalue weighted by molar-refractivity contribution is 6.30. The number of amides is 2. The van der Waals surface area contributed by atoms with Gasteiger partial charge >= 0.3 is 0 Å². The molecule has 0 bridgehead atoms. The van der Waals surface area contributed by atoms with Crippen LogP contribution in [0.2, 0.25) is 5.02 Å². The quantitative estimate of drug-likeness (QED) is 0.421. The molecule has 2 fully saturated rings. The molecule has 2 saturated heterocycles. The van der Waals surface area contributed by atoms with Gasteiger partial charge in [0.2, 0.25) is 11.8 Å². The fourth-order valence-electron chi connectivity index (χ4n) is 5.85. The molecule has 3 N–H and O–H groups in total. The van der Waals surface area contributed by atoms with E-state index in [0.717, 1.165) is 56.7 Å². The van der Waals surface area contributed by atoms with Crippen LogP contribution in [-0.2, 0) is 16.0 Å². The highest BCUT2D eigenvalue weighted by Gasteiger charge is 2.34. The van der Waals surface area contributed by atoms with Crippen LogP contribution in [0.25, 0.3) is 0 Å². The molecule has 0 spiro atoms. The zero-order valence-electron chi connectivity index (χ0n) is 24.8. The van der Waals surface area contributed by atoms with Gasteiger partial charge in [0.25, 0.3) is 0 Å². The molecule has 2 heterocycles. The third-order valence-corrected chi connectivity index (χ3v) is 8.46. The minimum absolute atomic E-state index is 0.0324. The van der Waals surface area contributed by atoms with Crippen molar-refractivity contribution in [1.82, 2.24) is 25.1 Å². The molecule has 4 rings (SSSR count). The lowest BCUT2D eigenvalue weighted by molar-refractivity contribution is -0.140. The van der Waals surface area contributed by atoms with Crippen LogP contribution < -0.4 is 11.1 Å². The van der Waals surface area contributed by atoms with Crippen LogP contribution in [-0.4, -0.2) is 96.6 Å². The Morgan fingerprint density at radius 3 is 2.22 bits per heavy atom. The van der Waals surface area contributed by atoms with Crippen molar-refractivity contribution in [2.75, 3.05) is 52.9 Å². The number of carbonyl (C=O) groups excluding carboxylic acids is 2. The number of nitrogens with two attached hydrogens (primary N) is 1. The second-order valence-electron chi connectivity index (χ2n) is 12.0. The van der Waals surface area contributed by atoms with Gasteiger partial charge in [0, 0.05) is 75.8 Å². The van der Waals surface area contributed by atoms with Gasteiger partial charge in [-0.3, -0.25) is 9.59 Å². The lowest BCUT2D eigenvalue weighted by atomic mass is 9.99. The van der Waals surface area contributed by atoms with Crippen LogP contribution in [0.5, 0.6) is 0 Å². The number of nitrogens with zero attached hydrogens (tertiary/aromatic N) is 4. The molecule has 2 aromatic rings. The van der Waals surface area contributed by atoms with Crippen molar-refractivity contribution in [3.63, 3.8) is 0 Å². The summed E-state index contributed by atoms with van der Waals surface area (Å²) in [5.41, 5.74) is 8.18. The topological polar surface area (TPSA) is 85.1 Å². The van der Waals surface area contributed by atoms with Crippen molar-refractivity contribution in [2.24, 2.45) is 11.7 Å². The Balaban J connectivity index is 1.41. The molecular weight excluding hydrogens is 536 g/mol. The Morgan fingerprint density at radius 1 is 0.976 bits per heavy atom. The van der Waals surface area contributed by atoms with Gasteiger partial charge in [0.1, 0.15) is 6.04 Å². The van der Waals surface area contributed by atoms with Gasteiger partial charge in [-0.05, 0) is 49.1 Å². The average Bonchev–Trinajstić information content (AvgIpc) is 2.97. The summed E-state index contributed by atoms with van der Waals surface area (Å²) in [7, 11) is 2.18. The van der Waals surface area contributed by atoms with Crippen LogP contribution in [0.4, 0.5) is 0 Å². The van der Waals surface area contributed by atoms with Gasteiger partial charge in [0.05, 0.1) is 0 Å². The number of benzene rings is 2. The minimum Gasteiger partial charge on any atom is -0.344 e. The van der Waals surface area contributed by atoms with E-state index < -0.39 is 12.1 Å². The van der Waals surface area contributed by atoms with E-state index in [1.54, 1.807) is 0 Å². The number of likely N-dealkylation sites (tertiary alicyclic amines) is 1. The lowest BCUT2D eigenvalue weighted by Crippen LogP contribution is -2.60. The Morgan fingerprint density at radius 2 is 1.61 bits per heavy atom. The van der Waals surface area contributed by atoms with Crippen molar-refractivity contribution < 1.29 is 9.59 Å². The Labute approximate surface area is 250 Å². The normalized spacial score (nSPS) is 19.0. The Kier molecular flexibility index (Phi) is 11.6. The average molecular weight is 583 g/mol. The maximum absolute atomic E-state index is 13.9. The maximum atomic E-state index is 13.9. The van der Waals surface area contributed by atoms with Gasteiger partial charge in [-0.25, -0.2) is 10.0 Å². The van der Waals surface area contributed by atoms with Gasteiger partial charge in [-0.1, -0.05) is 67.9 Å². The van der Waals surface area contributed by atoms with Gasteiger partial charge < -0.3 is 20.9 Å². The lowest BCUT2D eigenvalue weighted by Gasteiger charge is -2.47. The van der Waals surface area contributed by atoms with E-state index >= 15 is 0 Å². The number of piperidine rings is 1. The third-order valence-electron chi connectivity index (χ3n) is 8.21. The van der Waals surface area contributed by atoms with Crippen molar-refractivity contribution >= 4 is 23.4 Å².